The van der Waals surface area contributed by atoms with E-state index in [1.54, 1.807) is 0 Å². The van der Waals surface area contributed by atoms with Crippen molar-refractivity contribution in [1.29, 1.82) is 0 Å². The second kappa shape index (κ2) is 8.97. The first-order valence-electron chi connectivity index (χ1n) is 13.2. The number of aromatic nitrogens is 5. The maximum absolute atomic E-state index is 13.6. The Kier molecular flexibility index (Phi) is 5.57. The highest BCUT2D eigenvalue weighted by atomic mass is 79.9. The van der Waals surface area contributed by atoms with Gasteiger partial charge in [-0.05, 0) is 87.6 Å². The molecule has 2 saturated carbocycles. The molecule has 1 amide bonds. The number of aryl methyl sites for hydroxylation is 1. The van der Waals surface area contributed by atoms with Gasteiger partial charge in [-0.15, -0.1) is 0 Å². The van der Waals surface area contributed by atoms with Gasteiger partial charge in [0.25, 0.3) is 5.91 Å². The van der Waals surface area contributed by atoms with Crippen LogP contribution in [0.3, 0.4) is 0 Å². The number of hydrogen-bond donors (Lipinski definition) is 1. The maximum Gasteiger partial charge on any atom is 0.258 e. The van der Waals surface area contributed by atoms with Crippen LogP contribution in [0, 0.1) is 18.8 Å². The first-order chi connectivity index (χ1) is 18.0. The lowest BCUT2D eigenvalue weighted by atomic mass is 9.97. The van der Waals surface area contributed by atoms with E-state index in [0.29, 0.717) is 41.7 Å². The number of anilines is 1. The largest absolute Gasteiger partial charge is 0.477 e. The summed E-state index contributed by atoms with van der Waals surface area (Å²) in [5.41, 5.74) is 4.76. The summed E-state index contributed by atoms with van der Waals surface area (Å²) in [6.07, 6.45) is 8.62. The lowest BCUT2D eigenvalue weighted by Gasteiger charge is -2.19. The minimum atomic E-state index is -0.197. The molecule has 0 unspecified atom stereocenters. The number of ether oxygens (including phenoxy) is 1. The first-order valence-corrected chi connectivity index (χ1v) is 14.0. The maximum atomic E-state index is 13.6. The van der Waals surface area contributed by atoms with Crippen LogP contribution in [0.4, 0.5) is 5.95 Å². The molecule has 1 N–H and O–H groups in total. The van der Waals surface area contributed by atoms with Gasteiger partial charge in [0.2, 0.25) is 11.8 Å². The van der Waals surface area contributed by atoms with Crippen LogP contribution in [0.15, 0.2) is 41.0 Å². The molecule has 4 heterocycles. The number of nitrogens with zero attached hydrogens (tertiary/aromatic N) is 5. The molecular weight excluding hydrogens is 532 g/mol. The Morgan fingerprint density at radius 1 is 1.05 bits per heavy atom. The van der Waals surface area contributed by atoms with Crippen molar-refractivity contribution < 1.29 is 9.53 Å². The van der Waals surface area contributed by atoms with Crippen LogP contribution in [0.1, 0.15) is 60.6 Å². The first kappa shape index (κ1) is 23.0. The van der Waals surface area contributed by atoms with Gasteiger partial charge in [0.1, 0.15) is 0 Å². The summed E-state index contributed by atoms with van der Waals surface area (Å²) in [6.45, 7) is 3.37. The Bertz CT molecular complexity index is 1520. The molecule has 0 radical (unpaired) electrons. The number of amides is 1. The third-order valence-electron chi connectivity index (χ3n) is 7.73. The van der Waals surface area contributed by atoms with Crippen molar-refractivity contribution in [2.45, 2.75) is 58.0 Å². The lowest BCUT2D eigenvalue weighted by Crippen LogP contribution is -2.20. The SMILES string of the molecule is Cc1cc2cc(n1)-c1cnn(C3CC3)c1OCCC[C@@H](C1CC1)Cn1c(nc3cc(Br)ccc31)NC2=O. The van der Waals surface area contributed by atoms with E-state index in [0.717, 1.165) is 64.9 Å². The second-order valence-corrected chi connectivity index (χ2v) is 11.6. The highest BCUT2D eigenvalue weighted by molar-refractivity contribution is 9.10. The Morgan fingerprint density at radius 2 is 1.92 bits per heavy atom. The molecule has 2 aliphatic carbocycles. The minimum absolute atomic E-state index is 0.197. The topological polar surface area (TPSA) is 86.9 Å². The van der Waals surface area contributed by atoms with E-state index in [4.69, 9.17) is 14.7 Å². The van der Waals surface area contributed by atoms with Gasteiger partial charge in [-0.2, -0.15) is 5.10 Å². The summed E-state index contributed by atoms with van der Waals surface area (Å²) >= 11 is 3.57. The van der Waals surface area contributed by atoms with Crippen molar-refractivity contribution in [2.75, 3.05) is 11.9 Å². The van der Waals surface area contributed by atoms with Crippen LogP contribution in [0.25, 0.3) is 22.3 Å². The van der Waals surface area contributed by atoms with E-state index in [1.807, 2.05) is 42.1 Å². The second-order valence-electron chi connectivity index (χ2n) is 10.6. The summed E-state index contributed by atoms with van der Waals surface area (Å²) < 4.78 is 11.6. The Morgan fingerprint density at radius 3 is 2.73 bits per heavy atom. The van der Waals surface area contributed by atoms with E-state index in [9.17, 15) is 4.79 Å². The van der Waals surface area contributed by atoms with Crippen molar-refractivity contribution in [3.8, 4) is 17.1 Å². The zero-order valence-electron chi connectivity index (χ0n) is 20.8. The normalized spacial score (nSPS) is 20.4. The number of benzene rings is 1. The molecular formula is C28H29BrN6O2. The van der Waals surface area contributed by atoms with Crippen molar-refractivity contribution in [2.24, 2.45) is 11.8 Å². The molecule has 1 aromatic carbocycles. The van der Waals surface area contributed by atoms with Gasteiger partial charge in [-0.1, -0.05) is 15.9 Å². The molecule has 9 heteroatoms. The summed E-state index contributed by atoms with van der Waals surface area (Å²) in [6, 6.07) is 10.2. The van der Waals surface area contributed by atoms with Gasteiger partial charge >= 0.3 is 0 Å². The summed E-state index contributed by atoms with van der Waals surface area (Å²) in [5, 5.41) is 7.78. The highest BCUT2D eigenvalue weighted by Gasteiger charge is 2.33. The predicted octanol–water partition coefficient (Wildman–Crippen LogP) is 6.15. The predicted molar refractivity (Wildman–Crippen MR) is 145 cm³/mol. The van der Waals surface area contributed by atoms with E-state index < -0.39 is 0 Å². The van der Waals surface area contributed by atoms with Gasteiger partial charge in [0.15, 0.2) is 0 Å². The fourth-order valence-corrected chi connectivity index (χ4v) is 5.89. The molecule has 2 bridgehead atoms. The Labute approximate surface area is 223 Å². The minimum Gasteiger partial charge on any atom is -0.477 e. The number of rotatable bonds is 2. The van der Waals surface area contributed by atoms with Crippen LogP contribution in [0.2, 0.25) is 0 Å². The van der Waals surface area contributed by atoms with Crippen molar-refractivity contribution >= 4 is 38.8 Å². The van der Waals surface area contributed by atoms with E-state index in [-0.39, 0.29) is 5.91 Å². The number of hydrogen-bond acceptors (Lipinski definition) is 5. The van der Waals surface area contributed by atoms with Crippen molar-refractivity contribution in [3.63, 3.8) is 0 Å². The molecule has 8 nitrogen and oxygen atoms in total. The number of pyridine rings is 1. The summed E-state index contributed by atoms with van der Waals surface area (Å²) in [7, 11) is 0. The standard InChI is InChI=1S/C28H29BrN6O2/c1-16-11-19-12-23(31-16)22-14-30-35(21-7-8-21)27(22)37-10-2-3-18(17-4-5-17)15-34-25-9-6-20(29)13-24(25)32-28(34)33-26(19)36/h6,9,11-14,17-18,21H,2-5,7-8,10,15H2,1H3,(H,32,33,36)/t18-/m1/s1. The van der Waals surface area contributed by atoms with Crippen LogP contribution in [0.5, 0.6) is 5.88 Å². The molecule has 190 valence electrons. The molecule has 37 heavy (non-hydrogen) atoms. The molecule has 4 aromatic rings. The number of imidazole rings is 1. The number of carbonyl (C=O) groups excluding carboxylic acids is 1. The molecule has 7 rings (SSSR count). The fraction of sp³-hybridized carbons (Fsp3) is 0.429. The summed E-state index contributed by atoms with van der Waals surface area (Å²) in [5.74, 6) is 2.38. The Balaban J connectivity index is 1.33. The van der Waals surface area contributed by atoms with Crippen LogP contribution in [-0.4, -0.2) is 36.8 Å². The van der Waals surface area contributed by atoms with Gasteiger partial charge in [-0.25, -0.2) is 9.67 Å². The third-order valence-corrected chi connectivity index (χ3v) is 8.23. The van der Waals surface area contributed by atoms with Crippen LogP contribution in [-0.2, 0) is 6.54 Å². The third kappa shape index (κ3) is 4.43. The van der Waals surface area contributed by atoms with Crippen molar-refractivity contribution in [1.82, 2.24) is 24.3 Å². The number of fused-ring (bicyclic) bond motifs is 7. The van der Waals surface area contributed by atoms with Gasteiger partial charge in [0, 0.05) is 22.3 Å². The highest BCUT2D eigenvalue weighted by Crippen LogP contribution is 2.43. The molecule has 2 fully saturated rings. The van der Waals surface area contributed by atoms with Crippen molar-refractivity contribution in [3.05, 3.63) is 52.3 Å². The molecule has 3 aliphatic rings. The van der Waals surface area contributed by atoms with Crippen LogP contribution < -0.4 is 10.1 Å². The smallest absolute Gasteiger partial charge is 0.258 e. The molecule has 0 saturated heterocycles. The quantitative estimate of drug-likeness (QED) is 0.317. The molecule has 1 atom stereocenters. The van der Waals surface area contributed by atoms with Crippen LogP contribution >= 0.6 is 15.9 Å². The zero-order chi connectivity index (χ0) is 25.1. The van der Waals surface area contributed by atoms with E-state index in [2.05, 4.69) is 37.0 Å². The van der Waals surface area contributed by atoms with Gasteiger partial charge in [-0.3, -0.25) is 15.1 Å². The lowest BCUT2D eigenvalue weighted by molar-refractivity contribution is 0.102. The molecule has 1 aliphatic heterocycles. The average molecular weight is 561 g/mol. The van der Waals surface area contributed by atoms with Gasteiger partial charge in [0.05, 0.1) is 41.1 Å². The number of nitrogens with one attached hydrogen (secondary N) is 1. The monoisotopic (exact) mass is 560 g/mol. The molecule has 3 aromatic heterocycles. The zero-order valence-corrected chi connectivity index (χ0v) is 22.4. The number of carbonyl (C=O) groups is 1. The average Bonchev–Trinajstić information content (AvgIpc) is 3.81. The Hall–Kier alpha value is -3.20. The van der Waals surface area contributed by atoms with E-state index >= 15 is 0 Å². The molecule has 0 spiro atoms. The fourth-order valence-electron chi connectivity index (χ4n) is 5.54. The van der Waals surface area contributed by atoms with Gasteiger partial charge < -0.3 is 9.30 Å². The summed E-state index contributed by atoms with van der Waals surface area (Å²) in [4.78, 5) is 23.2. The number of halogens is 1. The van der Waals surface area contributed by atoms with E-state index in [1.165, 1.54) is 12.8 Å².